The van der Waals surface area contributed by atoms with Crippen molar-refractivity contribution in [2.24, 2.45) is 0 Å². The summed E-state index contributed by atoms with van der Waals surface area (Å²) in [5.74, 6) is 0.962. The van der Waals surface area contributed by atoms with Crippen LogP contribution < -0.4 is 4.74 Å². The van der Waals surface area contributed by atoms with E-state index in [2.05, 4.69) is 53.3 Å². The molecule has 0 unspecified atom stereocenters. The molecule has 5 rings (SSSR count). The second-order valence-electron chi connectivity index (χ2n) is 8.75. The molecule has 0 atom stereocenters. The van der Waals surface area contributed by atoms with E-state index in [0.717, 1.165) is 82.2 Å². The minimum Gasteiger partial charge on any atom is -0.490 e. The van der Waals surface area contributed by atoms with Crippen LogP contribution in [0.25, 0.3) is 17.3 Å². The van der Waals surface area contributed by atoms with Crippen LogP contribution in [0.3, 0.4) is 0 Å². The van der Waals surface area contributed by atoms with Crippen LogP contribution in [0.4, 0.5) is 0 Å². The molecular formula is C25H31N3O2. The molecule has 3 aliphatic rings. The molecule has 5 heteroatoms. The van der Waals surface area contributed by atoms with Gasteiger partial charge in [-0.05, 0) is 62.2 Å². The van der Waals surface area contributed by atoms with Gasteiger partial charge in [-0.25, -0.2) is 0 Å². The van der Waals surface area contributed by atoms with Gasteiger partial charge in [-0.1, -0.05) is 11.6 Å². The summed E-state index contributed by atoms with van der Waals surface area (Å²) in [5.41, 5.74) is 6.38. The molecule has 0 spiro atoms. The van der Waals surface area contributed by atoms with Crippen molar-refractivity contribution in [1.29, 1.82) is 0 Å². The first-order valence-electron chi connectivity index (χ1n) is 11.2. The van der Waals surface area contributed by atoms with Gasteiger partial charge >= 0.3 is 0 Å². The van der Waals surface area contributed by atoms with Gasteiger partial charge in [-0.2, -0.15) is 0 Å². The third kappa shape index (κ3) is 4.43. The molecular weight excluding hydrogens is 374 g/mol. The lowest BCUT2D eigenvalue weighted by atomic mass is 10.0. The van der Waals surface area contributed by atoms with E-state index in [9.17, 15) is 0 Å². The monoisotopic (exact) mass is 405 g/mol. The van der Waals surface area contributed by atoms with Crippen molar-refractivity contribution in [2.75, 3.05) is 53.0 Å². The molecule has 1 aromatic carbocycles. The van der Waals surface area contributed by atoms with Crippen LogP contribution in [0.2, 0.25) is 0 Å². The summed E-state index contributed by atoms with van der Waals surface area (Å²) in [4.78, 5) is 9.59. The number of ether oxygens (including phenoxy) is 2. The van der Waals surface area contributed by atoms with Crippen molar-refractivity contribution in [3.63, 3.8) is 0 Å². The molecule has 0 saturated carbocycles. The second kappa shape index (κ2) is 8.88. The first-order chi connectivity index (χ1) is 14.7. The first-order valence-corrected chi connectivity index (χ1v) is 11.2. The Hall–Kier alpha value is -2.21. The van der Waals surface area contributed by atoms with Crippen LogP contribution in [0, 0.1) is 0 Å². The maximum absolute atomic E-state index is 6.21. The molecule has 0 amide bonds. The van der Waals surface area contributed by atoms with Crippen LogP contribution >= 0.6 is 0 Å². The summed E-state index contributed by atoms with van der Waals surface area (Å²) in [6.07, 6.45) is 7.86. The highest BCUT2D eigenvalue weighted by molar-refractivity contribution is 5.78. The Morgan fingerprint density at radius 2 is 1.80 bits per heavy atom. The highest BCUT2D eigenvalue weighted by Crippen LogP contribution is 2.33. The Labute approximate surface area is 179 Å². The lowest BCUT2D eigenvalue weighted by Crippen LogP contribution is -2.37. The SMILES string of the molecule is CN1CCC(Oc2ccc(-c3nccc4c3C=C(CN3CCOCC3)C4)cc2)CC1. The van der Waals surface area contributed by atoms with E-state index < -0.39 is 0 Å². The number of pyridine rings is 1. The van der Waals surface area contributed by atoms with Crippen LogP contribution in [-0.4, -0.2) is 73.9 Å². The van der Waals surface area contributed by atoms with Crippen molar-refractivity contribution < 1.29 is 9.47 Å². The summed E-state index contributed by atoms with van der Waals surface area (Å²) in [7, 11) is 2.18. The van der Waals surface area contributed by atoms with Gasteiger partial charge in [0.25, 0.3) is 0 Å². The van der Waals surface area contributed by atoms with E-state index in [4.69, 9.17) is 14.5 Å². The van der Waals surface area contributed by atoms with E-state index in [1.807, 2.05) is 6.20 Å². The Morgan fingerprint density at radius 3 is 2.57 bits per heavy atom. The molecule has 1 aromatic heterocycles. The number of fused-ring (bicyclic) bond motifs is 1. The fourth-order valence-electron chi connectivity index (χ4n) is 4.69. The fraction of sp³-hybridized carbons (Fsp3) is 0.480. The van der Waals surface area contributed by atoms with Gasteiger partial charge in [0, 0.05) is 50.0 Å². The third-order valence-electron chi connectivity index (χ3n) is 6.47. The molecule has 0 N–H and O–H groups in total. The van der Waals surface area contributed by atoms with Gasteiger partial charge in [0.15, 0.2) is 0 Å². The van der Waals surface area contributed by atoms with E-state index in [0.29, 0.717) is 6.10 Å². The maximum atomic E-state index is 6.21. The molecule has 0 radical (unpaired) electrons. The van der Waals surface area contributed by atoms with Crippen molar-refractivity contribution in [3.05, 3.63) is 53.2 Å². The quantitative estimate of drug-likeness (QED) is 0.761. The van der Waals surface area contributed by atoms with E-state index in [1.165, 1.54) is 16.7 Å². The number of hydrogen-bond acceptors (Lipinski definition) is 5. The molecule has 0 bridgehead atoms. The summed E-state index contributed by atoms with van der Waals surface area (Å²) in [5, 5.41) is 0. The van der Waals surface area contributed by atoms with E-state index in [-0.39, 0.29) is 0 Å². The molecule has 2 saturated heterocycles. The second-order valence-corrected chi connectivity index (χ2v) is 8.75. The molecule has 2 aliphatic heterocycles. The average Bonchev–Trinajstić information content (AvgIpc) is 3.19. The van der Waals surface area contributed by atoms with E-state index in [1.54, 1.807) is 0 Å². The summed E-state index contributed by atoms with van der Waals surface area (Å²) in [6, 6.07) is 10.7. The number of likely N-dealkylation sites (tertiary alicyclic amines) is 1. The van der Waals surface area contributed by atoms with Gasteiger partial charge in [0.05, 0.1) is 18.9 Å². The first kappa shape index (κ1) is 19.7. The number of morpholine rings is 1. The van der Waals surface area contributed by atoms with Crippen molar-refractivity contribution in [2.45, 2.75) is 25.4 Å². The summed E-state index contributed by atoms with van der Waals surface area (Å²) < 4.78 is 11.7. The van der Waals surface area contributed by atoms with Gasteiger partial charge < -0.3 is 14.4 Å². The molecule has 5 nitrogen and oxygen atoms in total. The van der Waals surface area contributed by atoms with Crippen LogP contribution in [-0.2, 0) is 11.2 Å². The fourth-order valence-corrected chi connectivity index (χ4v) is 4.69. The number of hydrogen-bond donors (Lipinski definition) is 0. The minimum atomic E-state index is 0.330. The third-order valence-corrected chi connectivity index (χ3v) is 6.47. The summed E-state index contributed by atoms with van der Waals surface area (Å²) in [6.45, 7) is 7.00. The minimum absolute atomic E-state index is 0.330. The summed E-state index contributed by atoms with van der Waals surface area (Å²) >= 11 is 0. The number of benzene rings is 1. The largest absolute Gasteiger partial charge is 0.490 e. The van der Waals surface area contributed by atoms with Crippen LogP contribution in [0.15, 0.2) is 42.1 Å². The molecule has 1 aliphatic carbocycles. The highest BCUT2D eigenvalue weighted by Gasteiger charge is 2.21. The number of piperidine rings is 1. The van der Waals surface area contributed by atoms with E-state index >= 15 is 0 Å². The predicted molar refractivity (Wildman–Crippen MR) is 120 cm³/mol. The topological polar surface area (TPSA) is 37.8 Å². The lowest BCUT2D eigenvalue weighted by Gasteiger charge is -2.29. The van der Waals surface area contributed by atoms with Crippen molar-refractivity contribution in [3.8, 4) is 17.0 Å². The zero-order valence-corrected chi connectivity index (χ0v) is 17.8. The zero-order chi connectivity index (χ0) is 20.3. The molecule has 3 heterocycles. The Morgan fingerprint density at radius 1 is 1.03 bits per heavy atom. The average molecular weight is 406 g/mol. The molecule has 2 fully saturated rings. The molecule has 30 heavy (non-hydrogen) atoms. The standard InChI is InChI=1S/C25H31N3O2/c1-27-10-7-23(8-11-27)30-22-4-2-20(3-5-22)25-24-17-19(16-21(24)6-9-26-25)18-28-12-14-29-15-13-28/h2-6,9,17,23H,7-8,10-16,18H2,1H3. The van der Waals surface area contributed by atoms with Gasteiger partial charge in [0.1, 0.15) is 11.9 Å². The van der Waals surface area contributed by atoms with Gasteiger partial charge in [-0.15, -0.1) is 0 Å². The number of aromatic nitrogens is 1. The number of nitrogens with zero attached hydrogens (tertiary/aromatic N) is 3. The predicted octanol–water partition coefficient (Wildman–Crippen LogP) is 3.49. The zero-order valence-electron chi connectivity index (χ0n) is 17.8. The molecule has 158 valence electrons. The van der Waals surface area contributed by atoms with Crippen LogP contribution in [0.5, 0.6) is 5.75 Å². The lowest BCUT2D eigenvalue weighted by molar-refractivity contribution is 0.0422. The Bertz CT molecular complexity index is 895. The molecule has 2 aromatic rings. The van der Waals surface area contributed by atoms with Crippen molar-refractivity contribution >= 4 is 6.08 Å². The van der Waals surface area contributed by atoms with Crippen LogP contribution in [0.1, 0.15) is 24.0 Å². The smallest absolute Gasteiger partial charge is 0.119 e. The normalized spacial score (nSPS) is 20.8. The van der Waals surface area contributed by atoms with Crippen molar-refractivity contribution in [1.82, 2.24) is 14.8 Å². The number of rotatable bonds is 5. The van der Waals surface area contributed by atoms with Gasteiger partial charge in [0.2, 0.25) is 0 Å². The van der Waals surface area contributed by atoms with Gasteiger partial charge in [-0.3, -0.25) is 9.88 Å². The Balaban J connectivity index is 1.29. The maximum Gasteiger partial charge on any atom is 0.119 e. The Kier molecular flexibility index (Phi) is 5.84. The highest BCUT2D eigenvalue weighted by atomic mass is 16.5.